The van der Waals surface area contributed by atoms with Crippen molar-refractivity contribution >= 4 is 5.91 Å². The molecule has 0 aromatic rings. The molecular formula is C10H13F3N2O2. The van der Waals surface area contributed by atoms with Crippen molar-refractivity contribution in [1.82, 2.24) is 4.90 Å². The fourth-order valence-corrected chi connectivity index (χ4v) is 2.01. The van der Waals surface area contributed by atoms with Gasteiger partial charge in [-0.1, -0.05) is 0 Å². The van der Waals surface area contributed by atoms with Gasteiger partial charge in [-0.05, 0) is 0 Å². The number of hydrogen-bond acceptors (Lipinski definition) is 3. The summed E-state index contributed by atoms with van der Waals surface area (Å²) in [6.45, 7) is -0.420. The molecule has 0 N–H and O–H groups in total. The molecule has 4 nitrogen and oxygen atoms in total. The monoisotopic (exact) mass is 250 g/mol. The summed E-state index contributed by atoms with van der Waals surface area (Å²) in [6.07, 6.45) is -4.73. The number of rotatable bonds is 3. The molecule has 0 radical (unpaired) electrons. The molecule has 7 heteroatoms. The van der Waals surface area contributed by atoms with Crippen molar-refractivity contribution < 1.29 is 22.7 Å². The van der Waals surface area contributed by atoms with Crippen LogP contribution in [0.3, 0.4) is 0 Å². The first-order valence-electron chi connectivity index (χ1n) is 5.10. The lowest BCUT2D eigenvalue weighted by molar-refractivity contribution is -0.183. The van der Waals surface area contributed by atoms with Crippen LogP contribution in [0.5, 0.6) is 0 Å². The quantitative estimate of drug-likeness (QED) is 0.755. The van der Waals surface area contributed by atoms with Crippen molar-refractivity contribution in [3.05, 3.63) is 0 Å². The van der Waals surface area contributed by atoms with Crippen LogP contribution in [-0.2, 0) is 9.53 Å². The number of likely N-dealkylation sites (tertiary alicyclic amines) is 1. The van der Waals surface area contributed by atoms with E-state index in [9.17, 15) is 18.0 Å². The van der Waals surface area contributed by atoms with Gasteiger partial charge in [0.05, 0.1) is 18.6 Å². The van der Waals surface area contributed by atoms with Crippen molar-refractivity contribution in [3.63, 3.8) is 0 Å². The maximum Gasteiger partial charge on any atom is 0.393 e. The molecule has 1 rings (SSSR count). The highest BCUT2D eigenvalue weighted by molar-refractivity contribution is 5.78. The van der Waals surface area contributed by atoms with Crippen LogP contribution in [0.25, 0.3) is 0 Å². The smallest absolute Gasteiger partial charge is 0.384 e. The number of carbonyl (C=O) groups excluding carboxylic acids is 1. The van der Waals surface area contributed by atoms with E-state index in [1.54, 1.807) is 6.07 Å². The van der Waals surface area contributed by atoms with E-state index in [1.807, 2.05) is 0 Å². The number of methoxy groups -OCH3 is 1. The zero-order valence-corrected chi connectivity index (χ0v) is 9.33. The SMILES string of the molecule is COC[C@H]1CN(C(=O)CC#N)C[C@H]1C(F)(F)F. The van der Waals surface area contributed by atoms with Gasteiger partial charge in [-0.25, -0.2) is 0 Å². The van der Waals surface area contributed by atoms with Crippen LogP contribution < -0.4 is 0 Å². The number of nitriles is 1. The molecule has 96 valence electrons. The third kappa shape index (κ3) is 3.33. The van der Waals surface area contributed by atoms with Gasteiger partial charge in [0.25, 0.3) is 0 Å². The van der Waals surface area contributed by atoms with E-state index in [0.717, 1.165) is 4.90 Å². The summed E-state index contributed by atoms with van der Waals surface area (Å²) in [7, 11) is 1.33. The van der Waals surface area contributed by atoms with Crippen molar-refractivity contribution in [2.24, 2.45) is 11.8 Å². The third-order valence-electron chi connectivity index (χ3n) is 2.83. The van der Waals surface area contributed by atoms with Gasteiger partial charge in [0, 0.05) is 26.1 Å². The van der Waals surface area contributed by atoms with Crippen molar-refractivity contribution in [2.45, 2.75) is 12.6 Å². The lowest BCUT2D eigenvalue weighted by Gasteiger charge is -2.19. The van der Waals surface area contributed by atoms with Gasteiger partial charge in [-0.3, -0.25) is 4.79 Å². The Hall–Kier alpha value is -1.29. The highest BCUT2D eigenvalue weighted by Crippen LogP contribution is 2.37. The number of halogens is 3. The molecule has 1 aliphatic heterocycles. The van der Waals surface area contributed by atoms with Crippen LogP contribution in [0.15, 0.2) is 0 Å². The Morgan fingerprint density at radius 2 is 2.18 bits per heavy atom. The number of alkyl halides is 3. The van der Waals surface area contributed by atoms with Crippen LogP contribution in [0.4, 0.5) is 13.2 Å². The van der Waals surface area contributed by atoms with E-state index in [-0.39, 0.29) is 26.1 Å². The van der Waals surface area contributed by atoms with Crippen LogP contribution in [0.2, 0.25) is 0 Å². The van der Waals surface area contributed by atoms with E-state index < -0.39 is 23.9 Å². The molecule has 2 atom stereocenters. The third-order valence-corrected chi connectivity index (χ3v) is 2.83. The molecule has 17 heavy (non-hydrogen) atoms. The van der Waals surface area contributed by atoms with Gasteiger partial charge in [-0.15, -0.1) is 0 Å². The maximum atomic E-state index is 12.7. The van der Waals surface area contributed by atoms with Crippen molar-refractivity contribution in [3.8, 4) is 6.07 Å². The minimum absolute atomic E-state index is 0.00146. The first kappa shape index (κ1) is 13.8. The molecule has 1 amide bonds. The zero-order valence-electron chi connectivity index (χ0n) is 9.33. The molecule has 0 saturated carbocycles. The highest BCUT2D eigenvalue weighted by atomic mass is 19.4. The van der Waals surface area contributed by atoms with Crippen LogP contribution in [0.1, 0.15) is 6.42 Å². The number of nitrogens with zero attached hydrogens (tertiary/aromatic N) is 2. The molecule has 0 bridgehead atoms. The minimum atomic E-state index is -4.34. The predicted molar refractivity (Wildman–Crippen MR) is 51.7 cm³/mol. The van der Waals surface area contributed by atoms with Gasteiger partial charge < -0.3 is 9.64 Å². The summed E-state index contributed by atoms with van der Waals surface area (Å²) in [5.41, 5.74) is 0. The van der Waals surface area contributed by atoms with Gasteiger partial charge in [-0.2, -0.15) is 18.4 Å². The molecule has 0 spiro atoms. The lowest BCUT2D eigenvalue weighted by atomic mass is 9.96. The standard InChI is InChI=1S/C10H13F3N2O2/c1-17-6-7-4-15(9(16)2-3-14)5-8(7)10(11,12)13/h7-8H,2,4-6H2,1H3/t7-,8-/m1/s1. The molecule has 0 unspecified atom stereocenters. The highest BCUT2D eigenvalue weighted by Gasteiger charge is 2.50. The van der Waals surface area contributed by atoms with E-state index in [2.05, 4.69) is 0 Å². The molecule has 0 aliphatic carbocycles. The second-order valence-corrected chi connectivity index (χ2v) is 4.00. The molecule has 0 aromatic heterocycles. The Morgan fingerprint density at radius 1 is 1.53 bits per heavy atom. The molecule has 1 saturated heterocycles. The number of carbonyl (C=O) groups is 1. The Morgan fingerprint density at radius 3 is 2.65 bits per heavy atom. The number of amides is 1. The van der Waals surface area contributed by atoms with Crippen molar-refractivity contribution in [1.29, 1.82) is 5.26 Å². The van der Waals surface area contributed by atoms with Crippen molar-refractivity contribution in [2.75, 3.05) is 26.8 Å². The minimum Gasteiger partial charge on any atom is -0.384 e. The Labute approximate surface area is 96.9 Å². The summed E-state index contributed by atoms with van der Waals surface area (Å²) in [4.78, 5) is 12.5. The summed E-state index contributed by atoms with van der Waals surface area (Å²) in [6, 6.07) is 1.64. The van der Waals surface area contributed by atoms with Gasteiger partial charge in [0.2, 0.25) is 5.91 Å². The summed E-state index contributed by atoms with van der Waals surface area (Å²) < 4.78 is 42.8. The lowest BCUT2D eigenvalue weighted by Crippen LogP contribution is -2.32. The van der Waals surface area contributed by atoms with Crippen LogP contribution >= 0.6 is 0 Å². The van der Waals surface area contributed by atoms with Gasteiger partial charge in [0.1, 0.15) is 6.42 Å². The van der Waals surface area contributed by atoms with Gasteiger partial charge in [0.15, 0.2) is 0 Å². The second kappa shape index (κ2) is 5.36. The van der Waals surface area contributed by atoms with E-state index in [0.29, 0.717) is 0 Å². The fraction of sp³-hybridized carbons (Fsp3) is 0.800. The Bertz CT molecular complexity index is 324. The first-order valence-corrected chi connectivity index (χ1v) is 5.10. The summed E-state index contributed by atoms with van der Waals surface area (Å²) in [5.74, 6) is -2.87. The van der Waals surface area contributed by atoms with E-state index >= 15 is 0 Å². The Kier molecular flexibility index (Phi) is 4.34. The largest absolute Gasteiger partial charge is 0.393 e. The fourth-order valence-electron chi connectivity index (χ4n) is 2.01. The van der Waals surface area contributed by atoms with Crippen LogP contribution in [0, 0.1) is 23.2 Å². The molecule has 1 fully saturated rings. The molecular weight excluding hydrogens is 237 g/mol. The Balaban J connectivity index is 2.72. The average Bonchev–Trinajstić information content (AvgIpc) is 2.62. The summed E-state index contributed by atoms with van der Waals surface area (Å²) in [5, 5.41) is 8.35. The van der Waals surface area contributed by atoms with E-state index in [1.165, 1.54) is 7.11 Å². The number of hydrogen-bond donors (Lipinski definition) is 0. The number of ether oxygens (including phenoxy) is 1. The topological polar surface area (TPSA) is 53.3 Å². The van der Waals surface area contributed by atoms with Crippen LogP contribution in [-0.4, -0.2) is 43.8 Å². The maximum absolute atomic E-state index is 12.7. The van der Waals surface area contributed by atoms with Gasteiger partial charge >= 0.3 is 6.18 Å². The van der Waals surface area contributed by atoms with E-state index in [4.69, 9.17) is 10.00 Å². The molecule has 1 heterocycles. The summed E-state index contributed by atoms with van der Waals surface area (Å²) >= 11 is 0. The normalized spacial score (nSPS) is 24.8. The zero-order chi connectivity index (χ0) is 13.1. The molecule has 0 aromatic carbocycles. The molecule has 1 aliphatic rings. The second-order valence-electron chi connectivity index (χ2n) is 4.00. The predicted octanol–water partition coefficient (Wildman–Crippen LogP) is 1.18. The average molecular weight is 250 g/mol. The first-order chi connectivity index (χ1) is 7.90.